The largest absolute Gasteiger partial charge is 0.478 e. The Kier molecular flexibility index (Phi) is 7.01. The summed E-state index contributed by atoms with van der Waals surface area (Å²) in [7, 11) is 0. The molecule has 5 nitrogen and oxygen atoms in total. The lowest BCUT2D eigenvalue weighted by Gasteiger charge is -2.37. The number of epoxide rings is 1. The smallest absolute Gasteiger partial charge is 0.266 e. The van der Waals surface area contributed by atoms with E-state index in [1.54, 1.807) is 24.3 Å². The van der Waals surface area contributed by atoms with E-state index in [1.165, 1.54) is 12.8 Å². The molecule has 1 aromatic carbocycles. The van der Waals surface area contributed by atoms with Crippen LogP contribution in [-0.2, 0) is 9.53 Å². The third-order valence-electron chi connectivity index (χ3n) is 5.34. The molecule has 0 aliphatic carbocycles. The molecule has 2 heterocycles. The van der Waals surface area contributed by atoms with E-state index in [2.05, 4.69) is 5.32 Å². The summed E-state index contributed by atoms with van der Waals surface area (Å²) in [6.07, 6.45) is 5.03. The average molecular weight is 395 g/mol. The van der Waals surface area contributed by atoms with Crippen molar-refractivity contribution >= 4 is 17.5 Å². The Balaban J connectivity index is 1.38. The fourth-order valence-electron chi connectivity index (χ4n) is 3.61. The topological polar surface area (TPSA) is 54.1 Å². The number of hydrogen-bond acceptors (Lipinski definition) is 4. The van der Waals surface area contributed by atoms with Crippen molar-refractivity contribution in [3.63, 3.8) is 0 Å². The molecule has 1 N–H and O–H groups in total. The Morgan fingerprint density at radius 3 is 2.59 bits per heavy atom. The highest BCUT2D eigenvalue weighted by atomic mass is 35.5. The number of ether oxygens (including phenoxy) is 2. The molecule has 1 unspecified atom stereocenters. The van der Waals surface area contributed by atoms with Crippen molar-refractivity contribution in [2.45, 2.75) is 51.2 Å². The van der Waals surface area contributed by atoms with Crippen molar-refractivity contribution in [2.24, 2.45) is 5.92 Å². The SMILES string of the molecule is CC(C)(Oc1ccc(Cl)cc1)C(=O)N1CCC(CCCNCC2CO2)CC1. The van der Waals surface area contributed by atoms with Gasteiger partial charge in [-0.15, -0.1) is 0 Å². The zero-order valence-corrected chi connectivity index (χ0v) is 17.1. The third kappa shape index (κ3) is 6.37. The van der Waals surface area contributed by atoms with Crippen LogP contribution in [0, 0.1) is 5.92 Å². The Morgan fingerprint density at radius 1 is 1.30 bits per heavy atom. The first kappa shape index (κ1) is 20.4. The molecule has 0 aromatic heterocycles. The van der Waals surface area contributed by atoms with Crippen molar-refractivity contribution in [2.75, 3.05) is 32.8 Å². The molecular formula is C21H31ClN2O3. The van der Waals surface area contributed by atoms with Crippen LogP contribution in [-0.4, -0.2) is 55.3 Å². The van der Waals surface area contributed by atoms with E-state index in [0.29, 0.717) is 22.8 Å². The fraction of sp³-hybridized carbons (Fsp3) is 0.667. The maximum Gasteiger partial charge on any atom is 0.266 e. The second-order valence-corrected chi connectivity index (χ2v) is 8.54. The fourth-order valence-corrected chi connectivity index (χ4v) is 3.74. The molecule has 1 aromatic rings. The predicted molar refractivity (Wildman–Crippen MR) is 107 cm³/mol. The van der Waals surface area contributed by atoms with Gasteiger partial charge in [0.05, 0.1) is 12.7 Å². The number of piperidine rings is 1. The standard InChI is InChI=1S/C21H31ClN2O3/c1-21(2,27-18-7-5-17(22)6-8-18)20(25)24-12-9-16(10-13-24)4-3-11-23-14-19-15-26-19/h5-8,16,19,23H,3-4,9-15H2,1-2H3. The highest BCUT2D eigenvalue weighted by Crippen LogP contribution is 2.26. The third-order valence-corrected chi connectivity index (χ3v) is 5.60. The van der Waals surface area contributed by atoms with Gasteiger partial charge in [-0.25, -0.2) is 0 Å². The Hall–Kier alpha value is -1.30. The summed E-state index contributed by atoms with van der Waals surface area (Å²) in [5, 5.41) is 4.10. The molecule has 0 radical (unpaired) electrons. The lowest BCUT2D eigenvalue weighted by atomic mass is 9.91. The monoisotopic (exact) mass is 394 g/mol. The van der Waals surface area contributed by atoms with Gasteiger partial charge in [0.2, 0.25) is 0 Å². The summed E-state index contributed by atoms with van der Waals surface area (Å²) in [5.41, 5.74) is -0.879. The van der Waals surface area contributed by atoms with Crippen LogP contribution < -0.4 is 10.1 Å². The number of carbonyl (C=O) groups is 1. The van der Waals surface area contributed by atoms with Crippen molar-refractivity contribution in [3.05, 3.63) is 29.3 Å². The zero-order chi connectivity index (χ0) is 19.3. The lowest BCUT2D eigenvalue weighted by molar-refractivity contribution is -0.147. The van der Waals surface area contributed by atoms with Crippen LogP contribution in [0.2, 0.25) is 5.02 Å². The molecule has 27 heavy (non-hydrogen) atoms. The van der Waals surface area contributed by atoms with Crippen LogP contribution in [0.5, 0.6) is 5.75 Å². The quantitative estimate of drug-likeness (QED) is 0.514. The van der Waals surface area contributed by atoms with Crippen molar-refractivity contribution < 1.29 is 14.3 Å². The molecule has 2 aliphatic rings. The zero-order valence-electron chi connectivity index (χ0n) is 16.4. The molecule has 0 saturated carbocycles. The number of hydrogen-bond donors (Lipinski definition) is 1. The number of carbonyl (C=O) groups excluding carboxylic acids is 1. The molecule has 0 spiro atoms. The van der Waals surface area contributed by atoms with E-state index in [1.807, 2.05) is 18.7 Å². The molecular weight excluding hydrogens is 364 g/mol. The number of likely N-dealkylation sites (tertiary alicyclic amines) is 1. The normalized spacial score (nSPS) is 20.6. The van der Waals surface area contributed by atoms with Crippen molar-refractivity contribution in [1.29, 1.82) is 0 Å². The van der Waals surface area contributed by atoms with E-state index < -0.39 is 5.60 Å². The summed E-state index contributed by atoms with van der Waals surface area (Å²) >= 11 is 5.91. The molecule has 1 atom stereocenters. The highest BCUT2D eigenvalue weighted by molar-refractivity contribution is 6.30. The van der Waals surface area contributed by atoms with Gasteiger partial charge in [0, 0.05) is 24.7 Å². The van der Waals surface area contributed by atoms with E-state index in [4.69, 9.17) is 21.1 Å². The van der Waals surface area contributed by atoms with E-state index in [0.717, 1.165) is 45.6 Å². The molecule has 2 aliphatic heterocycles. The van der Waals surface area contributed by atoms with Gasteiger partial charge in [-0.2, -0.15) is 0 Å². The van der Waals surface area contributed by atoms with Crippen LogP contribution in [0.15, 0.2) is 24.3 Å². The van der Waals surface area contributed by atoms with Crippen molar-refractivity contribution in [1.82, 2.24) is 10.2 Å². The second-order valence-electron chi connectivity index (χ2n) is 8.10. The average Bonchev–Trinajstić information content (AvgIpc) is 3.47. The Bertz CT molecular complexity index is 608. The highest BCUT2D eigenvalue weighted by Gasteiger charge is 2.36. The second kappa shape index (κ2) is 9.26. The first-order valence-electron chi connectivity index (χ1n) is 10.0. The van der Waals surface area contributed by atoms with Crippen LogP contribution >= 0.6 is 11.6 Å². The molecule has 6 heteroatoms. The Morgan fingerprint density at radius 2 is 1.96 bits per heavy atom. The van der Waals surface area contributed by atoms with Gasteiger partial charge in [-0.1, -0.05) is 11.6 Å². The minimum Gasteiger partial charge on any atom is -0.478 e. The summed E-state index contributed by atoms with van der Waals surface area (Å²) in [5.74, 6) is 1.44. The van der Waals surface area contributed by atoms with Gasteiger partial charge in [-0.3, -0.25) is 4.79 Å². The van der Waals surface area contributed by atoms with Gasteiger partial charge in [0.1, 0.15) is 5.75 Å². The van der Waals surface area contributed by atoms with E-state index >= 15 is 0 Å². The van der Waals surface area contributed by atoms with Crippen LogP contribution in [0.25, 0.3) is 0 Å². The number of halogens is 1. The molecule has 1 amide bonds. The lowest BCUT2D eigenvalue weighted by Crippen LogP contribution is -2.51. The number of benzene rings is 1. The van der Waals surface area contributed by atoms with Gasteiger partial charge in [-0.05, 0) is 76.3 Å². The summed E-state index contributed by atoms with van der Waals surface area (Å²) < 4.78 is 11.1. The summed E-state index contributed by atoms with van der Waals surface area (Å²) in [4.78, 5) is 14.9. The van der Waals surface area contributed by atoms with Gasteiger partial charge >= 0.3 is 0 Å². The van der Waals surface area contributed by atoms with Crippen LogP contribution in [0.1, 0.15) is 39.5 Å². The molecule has 2 saturated heterocycles. The van der Waals surface area contributed by atoms with Gasteiger partial charge < -0.3 is 19.7 Å². The first-order chi connectivity index (χ1) is 12.9. The van der Waals surface area contributed by atoms with Crippen molar-refractivity contribution in [3.8, 4) is 5.75 Å². The van der Waals surface area contributed by atoms with Crippen LogP contribution in [0.3, 0.4) is 0 Å². The molecule has 2 fully saturated rings. The summed E-state index contributed by atoms with van der Waals surface area (Å²) in [6.45, 7) is 8.27. The maximum atomic E-state index is 12.9. The van der Waals surface area contributed by atoms with Crippen LogP contribution in [0.4, 0.5) is 0 Å². The number of nitrogens with one attached hydrogen (secondary N) is 1. The van der Waals surface area contributed by atoms with E-state index in [-0.39, 0.29) is 5.91 Å². The summed E-state index contributed by atoms with van der Waals surface area (Å²) in [6, 6.07) is 7.14. The number of nitrogens with zero attached hydrogens (tertiary/aromatic N) is 1. The predicted octanol–water partition coefficient (Wildman–Crippen LogP) is 3.50. The number of amides is 1. The Labute approximate surface area is 167 Å². The molecule has 3 rings (SSSR count). The first-order valence-corrected chi connectivity index (χ1v) is 10.4. The maximum absolute atomic E-state index is 12.9. The molecule has 150 valence electrons. The molecule has 0 bridgehead atoms. The van der Waals surface area contributed by atoms with Gasteiger partial charge in [0.25, 0.3) is 5.91 Å². The number of rotatable bonds is 9. The minimum atomic E-state index is -0.879. The van der Waals surface area contributed by atoms with Gasteiger partial charge in [0.15, 0.2) is 5.60 Å². The minimum absolute atomic E-state index is 0.0574. The van der Waals surface area contributed by atoms with E-state index in [9.17, 15) is 4.79 Å².